The third kappa shape index (κ3) is 5.17. The minimum absolute atomic E-state index is 0.0471. The fourth-order valence-electron chi connectivity index (χ4n) is 1.86. The summed E-state index contributed by atoms with van der Waals surface area (Å²) in [6.07, 6.45) is 7.79. The lowest BCUT2D eigenvalue weighted by Crippen LogP contribution is -2.37. The second-order valence-electron chi connectivity index (χ2n) is 4.23. The van der Waals surface area contributed by atoms with Crippen molar-refractivity contribution in [1.82, 2.24) is 5.32 Å². The van der Waals surface area contributed by atoms with Gasteiger partial charge in [-0.2, -0.15) is 0 Å². The van der Waals surface area contributed by atoms with Gasteiger partial charge in [0.25, 0.3) is 0 Å². The molecule has 0 spiro atoms. The van der Waals surface area contributed by atoms with Crippen LogP contribution in [-0.4, -0.2) is 25.2 Å². The molecule has 1 unspecified atom stereocenters. The first-order valence-electron chi connectivity index (χ1n) is 6.24. The maximum absolute atomic E-state index is 11.6. The average molecular weight is 213 g/mol. The van der Waals surface area contributed by atoms with Crippen LogP contribution >= 0.6 is 0 Å². The molecule has 1 heterocycles. The molecule has 1 aliphatic rings. The van der Waals surface area contributed by atoms with Gasteiger partial charge in [0.2, 0.25) is 0 Å². The Hall–Kier alpha value is -0.570. The van der Waals surface area contributed by atoms with Crippen molar-refractivity contribution in [2.24, 2.45) is 0 Å². The first kappa shape index (κ1) is 12.5. The van der Waals surface area contributed by atoms with Crippen LogP contribution in [-0.2, 0) is 9.53 Å². The minimum Gasteiger partial charge on any atom is -0.465 e. The molecule has 0 aliphatic carbocycles. The maximum atomic E-state index is 11.6. The minimum atomic E-state index is -0.0481. The Bertz CT molecular complexity index is 174. The van der Waals surface area contributed by atoms with Crippen LogP contribution in [0, 0.1) is 0 Å². The summed E-state index contributed by atoms with van der Waals surface area (Å²) >= 11 is 0. The van der Waals surface area contributed by atoms with E-state index in [1.54, 1.807) is 0 Å². The Labute approximate surface area is 92.6 Å². The highest BCUT2D eigenvalue weighted by Gasteiger charge is 2.20. The van der Waals surface area contributed by atoms with Gasteiger partial charge >= 0.3 is 5.97 Å². The van der Waals surface area contributed by atoms with E-state index in [0.717, 1.165) is 32.2 Å². The van der Waals surface area contributed by atoms with Crippen molar-refractivity contribution in [1.29, 1.82) is 0 Å². The van der Waals surface area contributed by atoms with Gasteiger partial charge in [0.15, 0.2) is 0 Å². The Morgan fingerprint density at radius 3 is 3.00 bits per heavy atom. The summed E-state index contributed by atoms with van der Waals surface area (Å²) in [5.41, 5.74) is 0. The molecule has 3 nitrogen and oxygen atoms in total. The SMILES string of the molecule is CCCCCOC(=O)C1CCCCCN1. The van der Waals surface area contributed by atoms with Crippen molar-refractivity contribution in [2.45, 2.75) is 57.9 Å². The van der Waals surface area contributed by atoms with Crippen molar-refractivity contribution in [2.75, 3.05) is 13.2 Å². The Morgan fingerprint density at radius 1 is 1.33 bits per heavy atom. The maximum Gasteiger partial charge on any atom is 0.323 e. The molecule has 88 valence electrons. The number of hydrogen-bond acceptors (Lipinski definition) is 3. The van der Waals surface area contributed by atoms with E-state index in [9.17, 15) is 4.79 Å². The van der Waals surface area contributed by atoms with Gasteiger partial charge in [-0.15, -0.1) is 0 Å². The number of esters is 1. The summed E-state index contributed by atoms with van der Waals surface area (Å²) in [7, 11) is 0. The first-order valence-corrected chi connectivity index (χ1v) is 6.24. The molecule has 1 aliphatic heterocycles. The lowest BCUT2D eigenvalue weighted by atomic mass is 10.1. The molecule has 1 atom stereocenters. The van der Waals surface area contributed by atoms with Crippen molar-refractivity contribution in [3.05, 3.63) is 0 Å². The van der Waals surface area contributed by atoms with Gasteiger partial charge in [-0.25, -0.2) is 0 Å². The molecule has 0 bridgehead atoms. The molecule has 0 radical (unpaired) electrons. The molecule has 0 aromatic carbocycles. The van der Waals surface area contributed by atoms with Crippen molar-refractivity contribution in [3.63, 3.8) is 0 Å². The summed E-state index contributed by atoms with van der Waals surface area (Å²) in [6.45, 7) is 3.69. The Morgan fingerprint density at radius 2 is 2.20 bits per heavy atom. The third-order valence-electron chi connectivity index (χ3n) is 2.84. The van der Waals surface area contributed by atoms with Gasteiger partial charge in [0, 0.05) is 0 Å². The number of hydrogen-bond donors (Lipinski definition) is 1. The molecule has 1 saturated heterocycles. The molecule has 0 aromatic rings. The average Bonchev–Trinajstić information content (AvgIpc) is 2.52. The van der Waals surface area contributed by atoms with Crippen LogP contribution in [0.5, 0.6) is 0 Å². The van der Waals surface area contributed by atoms with Crippen LogP contribution in [0.3, 0.4) is 0 Å². The zero-order valence-electron chi connectivity index (χ0n) is 9.76. The van der Waals surface area contributed by atoms with Crippen LogP contribution in [0.15, 0.2) is 0 Å². The van der Waals surface area contributed by atoms with E-state index in [0.29, 0.717) is 6.61 Å². The van der Waals surface area contributed by atoms with Gasteiger partial charge in [0.05, 0.1) is 6.61 Å². The van der Waals surface area contributed by atoms with E-state index in [-0.39, 0.29) is 12.0 Å². The van der Waals surface area contributed by atoms with Crippen molar-refractivity contribution < 1.29 is 9.53 Å². The topological polar surface area (TPSA) is 38.3 Å². The molecule has 0 saturated carbocycles. The second kappa shape index (κ2) is 7.69. The van der Waals surface area contributed by atoms with E-state index in [1.165, 1.54) is 19.3 Å². The van der Waals surface area contributed by atoms with Crippen molar-refractivity contribution in [3.8, 4) is 0 Å². The lowest BCUT2D eigenvalue weighted by molar-refractivity contribution is -0.146. The van der Waals surface area contributed by atoms with E-state index < -0.39 is 0 Å². The molecular weight excluding hydrogens is 190 g/mol. The molecule has 0 aromatic heterocycles. The highest BCUT2D eigenvalue weighted by Crippen LogP contribution is 2.09. The van der Waals surface area contributed by atoms with Gasteiger partial charge in [-0.1, -0.05) is 32.6 Å². The highest BCUT2D eigenvalue weighted by atomic mass is 16.5. The van der Waals surface area contributed by atoms with Crippen LogP contribution < -0.4 is 5.32 Å². The lowest BCUT2D eigenvalue weighted by Gasteiger charge is -2.14. The van der Waals surface area contributed by atoms with E-state index in [2.05, 4.69) is 12.2 Å². The largest absolute Gasteiger partial charge is 0.465 e. The van der Waals surface area contributed by atoms with Gasteiger partial charge in [-0.05, 0) is 25.8 Å². The number of carbonyl (C=O) groups is 1. The fraction of sp³-hybridized carbons (Fsp3) is 0.917. The summed E-state index contributed by atoms with van der Waals surface area (Å²) < 4.78 is 5.24. The summed E-state index contributed by atoms with van der Waals surface area (Å²) in [4.78, 5) is 11.6. The number of nitrogens with one attached hydrogen (secondary N) is 1. The monoisotopic (exact) mass is 213 g/mol. The Balaban J connectivity index is 2.14. The van der Waals surface area contributed by atoms with Crippen LogP contribution in [0.4, 0.5) is 0 Å². The number of carbonyl (C=O) groups excluding carboxylic acids is 1. The van der Waals surface area contributed by atoms with Gasteiger partial charge in [0.1, 0.15) is 6.04 Å². The van der Waals surface area contributed by atoms with Gasteiger partial charge in [-0.3, -0.25) is 4.79 Å². The van der Waals surface area contributed by atoms with E-state index in [4.69, 9.17) is 4.74 Å². The fourth-order valence-corrected chi connectivity index (χ4v) is 1.86. The summed E-state index contributed by atoms with van der Waals surface area (Å²) in [5.74, 6) is -0.0481. The molecule has 1 N–H and O–H groups in total. The standard InChI is InChI=1S/C12H23NO2/c1-2-3-7-10-15-12(14)11-8-5-4-6-9-13-11/h11,13H,2-10H2,1H3. The first-order chi connectivity index (χ1) is 7.34. The van der Waals surface area contributed by atoms with E-state index in [1.807, 2.05) is 0 Å². The zero-order valence-corrected chi connectivity index (χ0v) is 9.76. The molecule has 1 fully saturated rings. The van der Waals surface area contributed by atoms with Crippen LogP contribution in [0.1, 0.15) is 51.9 Å². The number of rotatable bonds is 5. The molecular formula is C12H23NO2. The second-order valence-corrected chi connectivity index (χ2v) is 4.23. The number of unbranched alkanes of at least 4 members (excludes halogenated alkanes) is 2. The normalized spacial score (nSPS) is 22.1. The third-order valence-corrected chi connectivity index (χ3v) is 2.84. The molecule has 1 rings (SSSR count). The van der Waals surface area contributed by atoms with Crippen molar-refractivity contribution >= 4 is 5.97 Å². The molecule has 3 heteroatoms. The quantitative estimate of drug-likeness (QED) is 0.562. The predicted molar refractivity (Wildman–Crippen MR) is 60.7 cm³/mol. The van der Waals surface area contributed by atoms with Crippen LogP contribution in [0.25, 0.3) is 0 Å². The summed E-state index contributed by atoms with van der Waals surface area (Å²) in [6, 6.07) is -0.0471. The number of ether oxygens (including phenoxy) is 1. The van der Waals surface area contributed by atoms with E-state index >= 15 is 0 Å². The molecule has 0 amide bonds. The van der Waals surface area contributed by atoms with Gasteiger partial charge < -0.3 is 10.1 Å². The summed E-state index contributed by atoms with van der Waals surface area (Å²) in [5, 5.41) is 3.25. The predicted octanol–water partition coefficient (Wildman–Crippen LogP) is 2.25. The highest BCUT2D eigenvalue weighted by molar-refractivity contribution is 5.75. The Kier molecular flexibility index (Phi) is 6.41. The molecule has 15 heavy (non-hydrogen) atoms. The zero-order chi connectivity index (χ0) is 10.9. The smallest absolute Gasteiger partial charge is 0.323 e. The van der Waals surface area contributed by atoms with Crippen LogP contribution in [0.2, 0.25) is 0 Å².